The molecule has 0 atom stereocenters. The van der Waals surface area contributed by atoms with Crippen LogP contribution in [0.5, 0.6) is 0 Å². The number of nitrogens with one attached hydrogen (secondary N) is 2. The molecule has 132 valence electrons. The molecule has 2 N–H and O–H groups in total. The first kappa shape index (κ1) is 19.3. The summed E-state index contributed by atoms with van der Waals surface area (Å²) in [7, 11) is 0. The van der Waals surface area contributed by atoms with Crippen LogP contribution in [0.15, 0.2) is 36.4 Å². The molecule has 2 amide bonds. The maximum Gasteiger partial charge on any atom is 0.233 e. The first-order valence-corrected chi connectivity index (χ1v) is 8.68. The zero-order valence-electron chi connectivity index (χ0n) is 14.3. The van der Waals surface area contributed by atoms with Crippen LogP contribution in [0.3, 0.4) is 0 Å². The van der Waals surface area contributed by atoms with Crippen LogP contribution in [-0.4, -0.2) is 11.8 Å². The molecule has 0 aliphatic carbocycles. The third kappa shape index (κ3) is 4.97. The Bertz CT molecular complexity index is 784. The van der Waals surface area contributed by atoms with Gasteiger partial charge >= 0.3 is 0 Å². The minimum Gasteiger partial charge on any atom is -0.325 e. The molecular formula is C19H20Cl2N2O2. The van der Waals surface area contributed by atoms with E-state index in [2.05, 4.69) is 24.5 Å². The summed E-state index contributed by atoms with van der Waals surface area (Å²) < 4.78 is 0. The summed E-state index contributed by atoms with van der Waals surface area (Å²) in [5.41, 5.74) is 3.05. The molecular weight excluding hydrogens is 359 g/mol. The van der Waals surface area contributed by atoms with E-state index in [9.17, 15) is 9.59 Å². The van der Waals surface area contributed by atoms with E-state index in [1.165, 1.54) is 0 Å². The molecule has 4 nitrogen and oxygen atoms in total. The lowest BCUT2D eigenvalue weighted by Crippen LogP contribution is -2.22. The molecule has 0 radical (unpaired) electrons. The van der Waals surface area contributed by atoms with Crippen LogP contribution in [0, 0.1) is 6.92 Å². The van der Waals surface area contributed by atoms with Gasteiger partial charge in [-0.15, -0.1) is 0 Å². The number of hydrogen-bond donors (Lipinski definition) is 2. The summed E-state index contributed by atoms with van der Waals surface area (Å²) in [6.07, 6.45) is -0.326. The van der Waals surface area contributed by atoms with Gasteiger partial charge in [0, 0.05) is 5.69 Å². The number of benzene rings is 2. The van der Waals surface area contributed by atoms with E-state index in [0.29, 0.717) is 15.7 Å². The molecule has 0 saturated heterocycles. The summed E-state index contributed by atoms with van der Waals surface area (Å²) in [5, 5.41) is 6.07. The van der Waals surface area contributed by atoms with Crippen LogP contribution in [-0.2, 0) is 9.59 Å². The van der Waals surface area contributed by atoms with Gasteiger partial charge in [0.05, 0.1) is 15.7 Å². The van der Waals surface area contributed by atoms with Gasteiger partial charge in [0.2, 0.25) is 11.8 Å². The topological polar surface area (TPSA) is 58.2 Å². The molecule has 2 aromatic carbocycles. The summed E-state index contributed by atoms with van der Waals surface area (Å²) in [6.45, 7) is 6.03. The Morgan fingerprint density at radius 3 is 2.00 bits per heavy atom. The molecule has 2 rings (SSSR count). The molecule has 0 bridgehead atoms. The molecule has 0 unspecified atom stereocenters. The fourth-order valence-corrected chi connectivity index (χ4v) is 2.96. The highest BCUT2D eigenvalue weighted by Gasteiger charge is 2.16. The Kier molecular flexibility index (Phi) is 6.45. The van der Waals surface area contributed by atoms with Gasteiger partial charge in [-0.05, 0) is 36.1 Å². The third-order valence-corrected chi connectivity index (χ3v) is 4.37. The van der Waals surface area contributed by atoms with Crippen molar-refractivity contribution in [2.75, 3.05) is 10.6 Å². The van der Waals surface area contributed by atoms with E-state index < -0.39 is 11.8 Å². The molecule has 0 aliphatic heterocycles. The van der Waals surface area contributed by atoms with Crippen molar-refractivity contribution in [2.45, 2.75) is 33.1 Å². The molecule has 0 saturated carbocycles. The number of anilines is 2. The monoisotopic (exact) mass is 378 g/mol. The van der Waals surface area contributed by atoms with E-state index >= 15 is 0 Å². The normalized spacial score (nSPS) is 10.6. The van der Waals surface area contributed by atoms with Crippen molar-refractivity contribution in [3.8, 4) is 0 Å². The fourth-order valence-electron chi connectivity index (χ4n) is 2.47. The van der Waals surface area contributed by atoms with Crippen molar-refractivity contribution in [3.63, 3.8) is 0 Å². The number of rotatable bonds is 5. The highest BCUT2D eigenvalue weighted by Crippen LogP contribution is 2.30. The standard InChI is InChI=1S/C19H20Cl2N2O2/c1-11(2)13-7-4-6-12(3)18(13)22-16(24)10-17(25)23-19-14(20)8-5-9-15(19)21/h4-9,11H,10H2,1-3H3,(H,22,24)(H,23,25). The Morgan fingerprint density at radius 1 is 0.920 bits per heavy atom. The zero-order valence-corrected chi connectivity index (χ0v) is 15.8. The minimum atomic E-state index is -0.479. The minimum absolute atomic E-state index is 0.256. The molecule has 6 heteroatoms. The third-order valence-electron chi connectivity index (χ3n) is 3.74. The van der Waals surface area contributed by atoms with Crippen LogP contribution in [0.2, 0.25) is 10.0 Å². The molecule has 0 heterocycles. The number of aryl methyl sites for hydroxylation is 1. The van der Waals surface area contributed by atoms with Crippen LogP contribution in [0.25, 0.3) is 0 Å². The molecule has 25 heavy (non-hydrogen) atoms. The van der Waals surface area contributed by atoms with Gasteiger partial charge in [-0.1, -0.05) is 61.3 Å². The van der Waals surface area contributed by atoms with Gasteiger partial charge < -0.3 is 10.6 Å². The smallest absolute Gasteiger partial charge is 0.233 e. The van der Waals surface area contributed by atoms with Crippen molar-refractivity contribution in [1.82, 2.24) is 0 Å². The maximum absolute atomic E-state index is 12.3. The largest absolute Gasteiger partial charge is 0.325 e. The van der Waals surface area contributed by atoms with Gasteiger partial charge in [0.25, 0.3) is 0 Å². The Labute approximate surface area is 157 Å². The number of para-hydroxylation sites is 2. The van der Waals surface area contributed by atoms with Crippen molar-refractivity contribution in [1.29, 1.82) is 0 Å². The molecule has 2 aromatic rings. The second-order valence-corrected chi connectivity index (χ2v) is 6.88. The lowest BCUT2D eigenvalue weighted by atomic mass is 9.98. The molecule has 0 aliphatic rings. The van der Waals surface area contributed by atoms with E-state index in [1.807, 2.05) is 25.1 Å². The van der Waals surface area contributed by atoms with Crippen molar-refractivity contribution < 1.29 is 9.59 Å². The Morgan fingerprint density at radius 2 is 1.44 bits per heavy atom. The van der Waals surface area contributed by atoms with Gasteiger partial charge in [0.15, 0.2) is 0 Å². The first-order chi connectivity index (χ1) is 11.8. The van der Waals surface area contributed by atoms with Crippen molar-refractivity contribution in [3.05, 3.63) is 57.6 Å². The van der Waals surface area contributed by atoms with Crippen molar-refractivity contribution >= 4 is 46.4 Å². The van der Waals surface area contributed by atoms with Gasteiger partial charge in [0.1, 0.15) is 6.42 Å². The first-order valence-electron chi connectivity index (χ1n) is 7.92. The lowest BCUT2D eigenvalue weighted by molar-refractivity contribution is -0.123. The van der Waals surface area contributed by atoms with Gasteiger partial charge in [-0.25, -0.2) is 0 Å². The van der Waals surface area contributed by atoms with Crippen LogP contribution >= 0.6 is 23.2 Å². The zero-order chi connectivity index (χ0) is 18.6. The number of amides is 2. The van der Waals surface area contributed by atoms with E-state index in [0.717, 1.165) is 16.8 Å². The van der Waals surface area contributed by atoms with Gasteiger partial charge in [-0.2, -0.15) is 0 Å². The predicted molar refractivity (Wildman–Crippen MR) is 104 cm³/mol. The SMILES string of the molecule is Cc1cccc(C(C)C)c1NC(=O)CC(=O)Nc1c(Cl)cccc1Cl. The highest BCUT2D eigenvalue weighted by molar-refractivity contribution is 6.39. The molecule has 0 fully saturated rings. The van der Waals surface area contributed by atoms with Crippen LogP contribution < -0.4 is 10.6 Å². The van der Waals surface area contributed by atoms with Crippen LogP contribution in [0.4, 0.5) is 11.4 Å². The molecule has 0 spiro atoms. The summed E-state index contributed by atoms with van der Waals surface area (Å²) in [5.74, 6) is -0.616. The quantitative estimate of drug-likeness (QED) is 0.684. The number of hydrogen-bond acceptors (Lipinski definition) is 2. The summed E-state index contributed by atoms with van der Waals surface area (Å²) in [4.78, 5) is 24.4. The second-order valence-electron chi connectivity index (χ2n) is 6.06. The summed E-state index contributed by atoms with van der Waals surface area (Å²) in [6, 6.07) is 10.8. The number of carbonyl (C=O) groups is 2. The fraction of sp³-hybridized carbons (Fsp3) is 0.263. The van der Waals surface area contributed by atoms with Gasteiger partial charge in [-0.3, -0.25) is 9.59 Å². The van der Waals surface area contributed by atoms with Crippen molar-refractivity contribution in [2.24, 2.45) is 0 Å². The maximum atomic E-state index is 12.3. The van der Waals surface area contributed by atoms with E-state index in [-0.39, 0.29) is 12.3 Å². The average molecular weight is 379 g/mol. The Hall–Kier alpha value is -2.04. The Balaban J connectivity index is 2.07. The summed E-state index contributed by atoms with van der Waals surface area (Å²) >= 11 is 12.0. The lowest BCUT2D eigenvalue weighted by Gasteiger charge is -2.16. The van der Waals surface area contributed by atoms with E-state index in [1.54, 1.807) is 18.2 Å². The van der Waals surface area contributed by atoms with E-state index in [4.69, 9.17) is 23.2 Å². The number of carbonyl (C=O) groups excluding carboxylic acids is 2. The van der Waals surface area contributed by atoms with Crippen LogP contribution in [0.1, 0.15) is 37.3 Å². The number of halogens is 2. The molecule has 0 aromatic heterocycles. The average Bonchev–Trinajstić information content (AvgIpc) is 2.52. The second kappa shape index (κ2) is 8.37. The predicted octanol–water partition coefficient (Wildman–Crippen LogP) is 5.39. The highest BCUT2D eigenvalue weighted by atomic mass is 35.5.